The van der Waals surface area contributed by atoms with Gasteiger partial charge in [-0.15, -0.1) is 0 Å². The molecule has 98 valence electrons. The molecule has 2 heteroatoms. The Morgan fingerprint density at radius 2 is 1.50 bits per heavy atom. The van der Waals surface area contributed by atoms with E-state index in [0.717, 1.165) is 25.9 Å². The molecule has 1 N–H and O–H groups in total. The van der Waals surface area contributed by atoms with Crippen molar-refractivity contribution in [3.05, 3.63) is 0 Å². The summed E-state index contributed by atoms with van der Waals surface area (Å²) in [6.45, 7) is 5.38. The van der Waals surface area contributed by atoms with Gasteiger partial charge in [0, 0.05) is 6.61 Å². The highest BCUT2D eigenvalue weighted by atomic mass is 16.5. The Morgan fingerprint density at radius 3 is 2.12 bits per heavy atom. The lowest BCUT2D eigenvalue weighted by atomic mass is 10.1. The third-order valence-corrected chi connectivity index (χ3v) is 2.93. The van der Waals surface area contributed by atoms with E-state index in [1.807, 2.05) is 0 Å². The van der Waals surface area contributed by atoms with Gasteiger partial charge in [0.15, 0.2) is 0 Å². The number of rotatable bonds is 12. The van der Waals surface area contributed by atoms with E-state index in [2.05, 4.69) is 13.8 Å². The van der Waals surface area contributed by atoms with E-state index in [0.29, 0.717) is 0 Å². The van der Waals surface area contributed by atoms with E-state index >= 15 is 0 Å². The highest BCUT2D eigenvalue weighted by Gasteiger charge is 2.06. The predicted molar refractivity (Wildman–Crippen MR) is 69.7 cm³/mol. The second kappa shape index (κ2) is 13.0. The SMILES string of the molecule is CCCCCCCCC(CO)OCCCC. The lowest BCUT2D eigenvalue weighted by molar-refractivity contribution is 0.00549. The van der Waals surface area contributed by atoms with E-state index in [1.165, 1.54) is 38.5 Å². The van der Waals surface area contributed by atoms with Crippen LogP contribution in [0.15, 0.2) is 0 Å². The quantitative estimate of drug-likeness (QED) is 0.515. The molecule has 0 amide bonds. The van der Waals surface area contributed by atoms with Crippen LogP contribution in [0.2, 0.25) is 0 Å². The van der Waals surface area contributed by atoms with Crippen LogP contribution in [0.5, 0.6) is 0 Å². The molecule has 0 spiro atoms. The van der Waals surface area contributed by atoms with Crippen LogP contribution in [0, 0.1) is 0 Å². The van der Waals surface area contributed by atoms with Crippen LogP contribution in [0.3, 0.4) is 0 Å². The number of aliphatic hydroxyl groups excluding tert-OH is 1. The Kier molecular flexibility index (Phi) is 12.9. The van der Waals surface area contributed by atoms with Crippen molar-refractivity contribution in [1.82, 2.24) is 0 Å². The zero-order valence-corrected chi connectivity index (χ0v) is 11.2. The lowest BCUT2D eigenvalue weighted by Gasteiger charge is -2.14. The molecule has 0 aromatic heterocycles. The molecule has 0 fully saturated rings. The third-order valence-electron chi connectivity index (χ3n) is 2.93. The molecule has 16 heavy (non-hydrogen) atoms. The predicted octanol–water partition coefficient (Wildman–Crippen LogP) is 3.91. The van der Waals surface area contributed by atoms with E-state index in [-0.39, 0.29) is 12.7 Å². The Labute approximate surface area is 101 Å². The van der Waals surface area contributed by atoms with Crippen LogP contribution in [0.4, 0.5) is 0 Å². The van der Waals surface area contributed by atoms with Gasteiger partial charge in [0.2, 0.25) is 0 Å². The van der Waals surface area contributed by atoms with E-state index in [4.69, 9.17) is 9.84 Å². The van der Waals surface area contributed by atoms with Crippen molar-refractivity contribution in [2.24, 2.45) is 0 Å². The fourth-order valence-electron chi connectivity index (χ4n) is 1.77. The first kappa shape index (κ1) is 15.9. The summed E-state index contributed by atoms with van der Waals surface area (Å²) < 4.78 is 5.61. The van der Waals surface area contributed by atoms with Gasteiger partial charge in [-0.2, -0.15) is 0 Å². The first-order chi connectivity index (χ1) is 7.85. The highest BCUT2D eigenvalue weighted by Crippen LogP contribution is 2.10. The lowest BCUT2D eigenvalue weighted by Crippen LogP contribution is -2.18. The summed E-state index contributed by atoms with van der Waals surface area (Å²) in [6.07, 6.45) is 11.2. The topological polar surface area (TPSA) is 29.5 Å². The minimum atomic E-state index is 0.0812. The molecule has 0 aliphatic heterocycles. The molecule has 1 atom stereocenters. The molecule has 0 aliphatic rings. The molecule has 0 bridgehead atoms. The monoisotopic (exact) mass is 230 g/mol. The summed E-state index contributed by atoms with van der Waals surface area (Å²) in [5.74, 6) is 0. The van der Waals surface area contributed by atoms with Gasteiger partial charge < -0.3 is 9.84 Å². The van der Waals surface area contributed by atoms with Gasteiger partial charge in [-0.3, -0.25) is 0 Å². The third kappa shape index (κ3) is 10.4. The van der Waals surface area contributed by atoms with Gasteiger partial charge in [-0.25, -0.2) is 0 Å². The molecule has 2 nitrogen and oxygen atoms in total. The number of aliphatic hydroxyl groups is 1. The van der Waals surface area contributed by atoms with Crippen molar-refractivity contribution in [1.29, 1.82) is 0 Å². The molecule has 0 aromatic rings. The van der Waals surface area contributed by atoms with Crippen LogP contribution in [-0.2, 0) is 4.74 Å². The maximum absolute atomic E-state index is 9.14. The minimum absolute atomic E-state index is 0.0812. The largest absolute Gasteiger partial charge is 0.394 e. The fourth-order valence-corrected chi connectivity index (χ4v) is 1.77. The molecular formula is C14H30O2. The van der Waals surface area contributed by atoms with Gasteiger partial charge >= 0.3 is 0 Å². The summed E-state index contributed by atoms with van der Waals surface area (Å²) in [7, 11) is 0. The Hall–Kier alpha value is -0.0800. The summed E-state index contributed by atoms with van der Waals surface area (Å²) in [6, 6.07) is 0. The van der Waals surface area contributed by atoms with Crippen molar-refractivity contribution in [3.8, 4) is 0 Å². The number of hydrogen-bond acceptors (Lipinski definition) is 2. The van der Waals surface area contributed by atoms with Crippen molar-refractivity contribution >= 4 is 0 Å². The standard InChI is InChI=1S/C14H30O2/c1-3-5-7-8-9-10-11-14(13-15)16-12-6-4-2/h14-15H,3-13H2,1-2H3. The molecule has 0 saturated heterocycles. The maximum Gasteiger partial charge on any atom is 0.0805 e. The first-order valence-electron chi connectivity index (χ1n) is 7.07. The van der Waals surface area contributed by atoms with Crippen LogP contribution < -0.4 is 0 Å². The average molecular weight is 230 g/mol. The summed E-state index contributed by atoms with van der Waals surface area (Å²) in [4.78, 5) is 0. The summed E-state index contributed by atoms with van der Waals surface area (Å²) in [5, 5.41) is 9.14. The van der Waals surface area contributed by atoms with Crippen molar-refractivity contribution in [2.75, 3.05) is 13.2 Å². The summed E-state index contributed by atoms with van der Waals surface area (Å²) in [5.41, 5.74) is 0. The number of hydrogen-bond donors (Lipinski definition) is 1. The van der Waals surface area contributed by atoms with Crippen LogP contribution >= 0.6 is 0 Å². The van der Waals surface area contributed by atoms with Gasteiger partial charge in [0.1, 0.15) is 0 Å². The summed E-state index contributed by atoms with van der Waals surface area (Å²) >= 11 is 0. The second-order valence-corrected chi connectivity index (χ2v) is 4.59. The number of ether oxygens (including phenoxy) is 1. The first-order valence-corrected chi connectivity index (χ1v) is 7.07. The van der Waals surface area contributed by atoms with Crippen molar-refractivity contribution in [2.45, 2.75) is 77.7 Å². The van der Waals surface area contributed by atoms with Crippen LogP contribution in [0.1, 0.15) is 71.6 Å². The average Bonchev–Trinajstić information content (AvgIpc) is 2.31. The molecule has 0 aromatic carbocycles. The van der Waals surface area contributed by atoms with Gasteiger partial charge in [-0.1, -0.05) is 58.8 Å². The molecule has 0 heterocycles. The molecule has 0 aliphatic carbocycles. The Balaban J connectivity index is 3.26. The van der Waals surface area contributed by atoms with Crippen LogP contribution in [-0.4, -0.2) is 24.4 Å². The molecule has 0 saturated carbocycles. The second-order valence-electron chi connectivity index (χ2n) is 4.59. The van der Waals surface area contributed by atoms with Crippen molar-refractivity contribution in [3.63, 3.8) is 0 Å². The normalized spacial score (nSPS) is 12.9. The molecule has 1 unspecified atom stereocenters. The minimum Gasteiger partial charge on any atom is -0.394 e. The highest BCUT2D eigenvalue weighted by molar-refractivity contribution is 4.57. The van der Waals surface area contributed by atoms with Gasteiger partial charge in [0.25, 0.3) is 0 Å². The zero-order chi connectivity index (χ0) is 12.1. The van der Waals surface area contributed by atoms with E-state index < -0.39 is 0 Å². The van der Waals surface area contributed by atoms with E-state index in [1.54, 1.807) is 0 Å². The molecular weight excluding hydrogens is 200 g/mol. The number of unbranched alkanes of at least 4 members (excludes halogenated alkanes) is 6. The van der Waals surface area contributed by atoms with Crippen LogP contribution in [0.25, 0.3) is 0 Å². The fraction of sp³-hybridized carbons (Fsp3) is 1.00. The van der Waals surface area contributed by atoms with Crippen molar-refractivity contribution < 1.29 is 9.84 Å². The smallest absolute Gasteiger partial charge is 0.0805 e. The Morgan fingerprint density at radius 1 is 0.875 bits per heavy atom. The molecule has 0 rings (SSSR count). The zero-order valence-electron chi connectivity index (χ0n) is 11.2. The van der Waals surface area contributed by atoms with Gasteiger partial charge in [0.05, 0.1) is 12.7 Å². The maximum atomic E-state index is 9.14. The van der Waals surface area contributed by atoms with Gasteiger partial charge in [-0.05, 0) is 12.8 Å². The van der Waals surface area contributed by atoms with E-state index in [9.17, 15) is 0 Å². The molecule has 0 radical (unpaired) electrons. The Bertz CT molecular complexity index is 126.